The van der Waals surface area contributed by atoms with Crippen molar-refractivity contribution in [2.24, 2.45) is 0 Å². The molecule has 0 N–H and O–H groups in total. The minimum atomic E-state index is -0.391. The number of ether oxygens (including phenoxy) is 1. The third-order valence-corrected chi connectivity index (χ3v) is 3.96. The van der Waals surface area contributed by atoms with Crippen molar-refractivity contribution in [3.63, 3.8) is 0 Å². The van der Waals surface area contributed by atoms with E-state index in [0.717, 1.165) is 0 Å². The number of likely N-dealkylation sites (tertiary alicyclic amines) is 1. The maximum Gasteiger partial charge on any atom is 0.289 e. The molecule has 0 unspecified atom stereocenters. The number of carbonyl (C=O) groups excluding carboxylic acids is 1. The number of hydrogen-bond acceptors (Lipinski definition) is 4. The lowest BCUT2D eigenvalue weighted by molar-refractivity contribution is 0.0556. The molecule has 0 atom stereocenters. The van der Waals surface area contributed by atoms with Crippen molar-refractivity contribution in [1.82, 2.24) is 4.90 Å². The lowest BCUT2D eigenvalue weighted by atomic mass is 10.1. The van der Waals surface area contributed by atoms with E-state index in [1.165, 1.54) is 18.2 Å². The van der Waals surface area contributed by atoms with Gasteiger partial charge in [-0.15, -0.1) is 0 Å². The molecule has 2 heterocycles. The number of benzene rings is 1. The van der Waals surface area contributed by atoms with Crippen LogP contribution < -0.4 is 10.2 Å². The third-order valence-electron chi connectivity index (χ3n) is 3.96. The van der Waals surface area contributed by atoms with Gasteiger partial charge in [-0.05, 0) is 19.1 Å². The fourth-order valence-corrected chi connectivity index (χ4v) is 2.76. The van der Waals surface area contributed by atoms with Crippen LogP contribution in [0.3, 0.4) is 0 Å². The Hall–Kier alpha value is -2.63. The van der Waals surface area contributed by atoms with Crippen molar-refractivity contribution in [2.75, 3.05) is 13.1 Å². The van der Waals surface area contributed by atoms with Crippen molar-refractivity contribution in [2.45, 2.75) is 25.9 Å². The smallest absolute Gasteiger partial charge is 0.289 e. The van der Waals surface area contributed by atoms with Gasteiger partial charge in [0.2, 0.25) is 0 Å². The van der Waals surface area contributed by atoms with Gasteiger partial charge in [0, 0.05) is 38.1 Å². The molecule has 0 radical (unpaired) electrons. The molecule has 1 aromatic heterocycles. The number of para-hydroxylation sites is 1. The van der Waals surface area contributed by atoms with Gasteiger partial charge in [-0.1, -0.05) is 12.1 Å². The minimum Gasteiger partial charge on any atom is -0.487 e. The molecule has 1 fully saturated rings. The summed E-state index contributed by atoms with van der Waals surface area (Å²) in [5.41, 5.74) is -0.250. The molecule has 1 amide bonds. The number of halogens is 1. The lowest BCUT2D eigenvalue weighted by Crippen LogP contribution is -2.42. The summed E-state index contributed by atoms with van der Waals surface area (Å²) >= 11 is 0. The van der Waals surface area contributed by atoms with Gasteiger partial charge < -0.3 is 14.1 Å². The van der Waals surface area contributed by atoms with Crippen LogP contribution in [0.4, 0.5) is 4.39 Å². The second-order valence-corrected chi connectivity index (χ2v) is 5.81. The fraction of sp³-hybridized carbons (Fsp3) is 0.333. The topological polar surface area (TPSA) is 59.8 Å². The summed E-state index contributed by atoms with van der Waals surface area (Å²) in [7, 11) is 0. The summed E-state index contributed by atoms with van der Waals surface area (Å²) in [6.07, 6.45) is 1.04. The number of hydrogen-bond donors (Lipinski definition) is 0. The molecule has 126 valence electrons. The average molecular weight is 331 g/mol. The highest BCUT2D eigenvalue weighted by molar-refractivity contribution is 5.91. The largest absolute Gasteiger partial charge is 0.487 e. The van der Waals surface area contributed by atoms with Crippen LogP contribution in [0.25, 0.3) is 0 Å². The molecule has 0 spiro atoms. The lowest BCUT2D eigenvalue weighted by Gasteiger charge is -2.31. The highest BCUT2D eigenvalue weighted by Crippen LogP contribution is 2.22. The number of amides is 1. The predicted octanol–water partition coefficient (Wildman–Crippen LogP) is 2.77. The van der Waals surface area contributed by atoms with E-state index in [1.807, 2.05) is 0 Å². The Morgan fingerprint density at radius 1 is 1.25 bits per heavy atom. The average Bonchev–Trinajstić information content (AvgIpc) is 2.56. The van der Waals surface area contributed by atoms with E-state index in [4.69, 9.17) is 9.15 Å². The molecule has 0 saturated carbocycles. The summed E-state index contributed by atoms with van der Waals surface area (Å²) in [5.74, 6) is -0.0123. The van der Waals surface area contributed by atoms with E-state index in [1.54, 1.807) is 30.0 Å². The van der Waals surface area contributed by atoms with Gasteiger partial charge in [-0.3, -0.25) is 9.59 Å². The van der Waals surface area contributed by atoms with Gasteiger partial charge >= 0.3 is 0 Å². The summed E-state index contributed by atoms with van der Waals surface area (Å²) in [5, 5.41) is 0. The maximum absolute atomic E-state index is 13.6. The molecule has 6 heteroatoms. The van der Waals surface area contributed by atoms with E-state index in [0.29, 0.717) is 31.7 Å². The molecule has 1 saturated heterocycles. The Morgan fingerprint density at radius 3 is 2.62 bits per heavy atom. The SMILES string of the molecule is Cc1cc(=O)cc(C(=O)N2CCC(Oc3ccccc3F)CC2)o1. The van der Waals surface area contributed by atoms with Crippen LogP contribution in [-0.4, -0.2) is 30.0 Å². The van der Waals surface area contributed by atoms with Crippen molar-refractivity contribution in [3.05, 3.63) is 64.0 Å². The predicted molar refractivity (Wildman–Crippen MR) is 85.7 cm³/mol. The number of nitrogens with zero attached hydrogens (tertiary/aromatic N) is 1. The molecule has 3 rings (SSSR count). The number of aryl methyl sites for hydroxylation is 1. The molecule has 1 aromatic carbocycles. The van der Waals surface area contributed by atoms with Crippen molar-refractivity contribution >= 4 is 5.91 Å². The normalized spacial score (nSPS) is 15.3. The maximum atomic E-state index is 13.6. The number of carbonyl (C=O) groups is 1. The number of rotatable bonds is 3. The third kappa shape index (κ3) is 3.64. The summed E-state index contributed by atoms with van der Waals surface area (Å²) in [6.45, 7) is 2.57. The van der Waals surface area contributed by atoms with Gasteiger partial charge in [-0.2, -0.15) is 0 Å². The second-order valence-electron chi connectivity index (χ2n) is 5.81. The summed E-state index contributed by atoms with van der Waals surface area (Å²) < 4.78 is 24.6. The Balaban J connectivity index is 1.61. The van der Waals surface area contributed by atoms with Crippen LogP contribution in [0.5, 0.6) is 5.75 Å². The van der Waals surface area contributed by atoms with Crippen molar-refractivity contribution in [3.8, 4) is 5.75 Å². The van der Waals surface area contributed by atoms with Gasteiger partial charge in [0.1, 0.15) is 11.9 Å². The van der Waals surface area contributed by atoms with Crippen LogP contribution >= 0.6 is 0 Å². The van der Waals surface area contributed by atoms with Crippen LogP contribution in [0, 0.1) is 12.7 Å². The van der Waals surface area contributed by atoms with Crippen molar-refractivity contribution < 1.29 is 18.3 Å². The Bertz CT molecular complexity index is 794. The molecule has 1 aliphatic heterocycles. The summed E-state index contributed by atoms with van der Waals surface area (Å²) in [4.78, 5) is 25.5. The molecule has 0 bridgehead atoms. The minimum absolute atomic E-state index is 0.0495. The van der Waals surface area contributed by atoms with Crippen LogP contribution in [0.15, 0.2) is 45.6 Å². The molecule has 1 aliphatic rings. The first-order chi connectivity index (χ1) is 11.5. The van der Waals surface area contributed by atoms with Crippen LogP contribution in [-0.2, 0) is 0 Å². The quantitative estimate of drug-likeness (QED) is 0.868. The molecular weight excluding hydrogens is 313 g/mol. The zero-order chi connectivity index (χ0) is 17.1. The van der Waals surface area contributed by atoms with E-state index >= 15 is 0 Å². The van der Waals surface area contributed by atoms with Crippen LogP contribution in [0.1, 0.15) is 29.2 Å². The van der Waals surface area contributed by atoms with E-state index in [2.05, 4.69) is 0 Å². The second kappa shape index (κ2) is 6.86. The molecule has 5 nitrogen and oxygen atoms in total. The zero-order valence-electron chi connectivity index (χ0n) is 13.3. The molecule has 0 aliphatic carbocycles. The molecular formula is C18H18FNO4. The molecule has 24 heavy (non-hydrogen) atoms. The first-order valence-corrected chi connectivity index (χ1v) is 7.85. The number of piperidine rings is 1. The monoisotopic (exact) mass is 331 g/mol. The fourth-order valence-electron chi connectivity index (χ4n) is 2.76. The Morgan fingerprint density at radius 2 is 1.96 bits per heavy atom. The highest BCUT2D eigenvalue weighted by atomic mass is 19.1. The van der Waals surface area contributed by atoms with Gasteiger partial charge in [-0.25, -0.2) is 4.39 Å². The van der Waals surface area contributed by atoms with Gasteiger partial charge in [0.15, 0.2) is 22.8 Å². The van der Waals surface area contributed by atoms with Crippen LogP contribution in [0.2, 0.25) is 0 Å². The standard InChI is InChI=1S/C18H18FNO4/c1-12-10-13(21)11-17(23-12)18(22)20-8-6-14(7-9-20)24-16-5-3-2-4-15(16)19/h2-5,10-11,14H,6-9H2,1H3. The summed E-state index contributed by atoms with van der Waals surface area (Å²) in [6, 6.07) is 8.82. The Kier molecular flexibility index (Phi) is 4.64. The van der Waals surface area contributed by atoms with E-state index in [-0.39, 0.29) is 28.9 Å². The van der Waals surface area contributed by atoms with Crippen molar-refractivity contribution in [1.29, 1.82) is 0 Å². The Labute approximate surface area is 138 Å². The molecule has 2 aromatic rings. The van der Waals surface area contributed by atoms with E-state index in [9.17, 15) is 14.0 Å². The highest BCUT2D eigenvalue weighted by Gasteiger charge is 2.26. The zero-order valence-corrected chi connectivity index (χ0v) is 13.3. The first kappa shape index (κ1) is 16.2. The van der Waals surface area contributed by atoms with E-state index < -0.39 is 5.82 Å². The first-order valence-electron chi connectivity index (χ1n) is 7.85. The van der Waals surface area contributed by atoms with Gasteiger partial charge in [0.05, 0.1) is 0 Å². The van der Waals surface area contributed by atoms with Gasteiger partial charge in [0.25, 0.3) is 5.91 Å².